The second-order valence-electron chi connectivity index (χ2n) is 6.83. The molecule has 0 aliphatic heterocycles. The van der Waals surface area contributed by atoms with Crippen LogP contribution < -0.4 is 0 Å². The third-order valence-corrected chi connectivity index (χ3v) is 6.16. The van der Waals surface area contributed by atoms with Crippen molar-refractivity contribution in [3.8, 4) is 0 Å². The molecular weight excluding hydrogens is 336 g/mol. The van der Waals surface area contributed by atoms with Crippen molar-refractivity contribution in [2.75, 3.05) is 6.26 Å². The van der Waals surface area contributed by atoms with Crippen LogP contribution in [0.1, 0.15) is 33.6 Å². The molecule has 0 bridgehead atoms. The molecule has 2 heteroatoms. The quantitative estimate of drug-likeness (QED) is 0.532. The molecule has 0 aromatic heterocycles. The van der Waals surface area contributed by atoms with Gasteiger partial charge in [-0.2, -0.15) is 11.8 Å². The Bertz CT molecular complexity index is 806. The third kappa shape index (κ3) is 3.72. The van der Waals surface area contributed by atoms with Crippen LogP contribution >= 0.6 is 11.8 Å². The van der Waals surface area contributed by atoms with Crippen molar-refractivity contribution in [2.45, 2.75) is 30.3 Å². The van der Waals surface area contributed by atoms with E-state index in [2.05, 4.69) is 91.2 Å². The predicted octanol–water partition coefficient (Wildman–Crippen LogP) is 6.02. The molecule has 4 rings (SSSR count). The normalized spacial score (nSPS) is 16.2. The van der Waals surface area contributed by atoms with E-state index in [9.17, 15) is 0 Å². The Morgan fingerprint density at radius 1 is 0.731 bits per heavy atom. The minimum Gasteiger partial charge on any atom is -0.368 e. The molecule has 1 nitrogen and oxygen atoms in total. The van der Waals surface area contributed by atoms with Crippen molar-refractivity contribution in [3.05, 3.63) is 107 Å². The molecule has 3 aromatic carbocycles. The van der Waals surface area contributed by atoms with Crippen molar-refractivity contribution in [1.29, 1.82) is 0 Å². The Hall–Kier alpha value is -2.03. The molecule has 1 aliphatic rings. The first-order valence-corrected chi connectivity index (χ1v) is 10.5. The smallest absolute Gasteiger partial charge is 0.0988 e. The van der Waals surface area contributed by atoms with Gasteiger partial charge in [0.05, 0.1) is 17.5 Å². The maximum Gasteiger partial charge on any atom is 0.0988 e. The zero-order valence-electron chi connectivity index (χ0n) is 15.0. The van der Waals surface area contributed by atoms with E-state index in [1.54, 1.807) is 0 Å². The second-order valence-corrected chi connectivity index (χ2v) is 7.81. The Labute approximate surface area is 160 Å². The lowest BCUT2D eigenvalue weighted by Crippen LogP contribution is -2.21. The number of fused-ring (bicyclic) bond motifs is 1. The molecule has 0 saturated carbocycles. The monoisotopic (exact) mass is 360 g/mol. The van der Waals surface area contributed by atoms with Crippen LogP contribution in [-0.2, 0) is 17.6 Å². The summed E-state index contributed by atoms with van der Waals surface area (Å²) in [5.74, 6) is 0. The van der Waals surface area contributed by atoms with E-state index in [0.29, 0.717) is 0 Å². The van der Waals surface area contributed by atoms with Gasteiger partial charge < -0.3 is 4.74 Å². The van der Waals surface area contributed by atoms with Gasteiger partial charge >= 0.3 is 0 Å². The molecule has 0 N–H and O–H groups in total. The molecule has 26 heavy (non-hydrogen) atoms. The first kappa shape index (κ1) is 17.4. The van der Waals surface area contributed by atoms with Gasteiger partial charge in [-0.15, -0.1) is 0 Å². The van der Waals surface area contributed by atoms with Gasteiger partial charge in [0, 0.05) is 0 Å². The number of hydrogen-bond acceptors (Lipinski definition) is 2. The van der Waals surface area contributed by atoms with Crippen LogP contribution in [0.4, 0.5) is 0 Å². The minimum atomic E-state index is 0.0490. The van der Waals surface area contributed by atoms with Crippen LogP contribution in [0.3, 0.4) is 0 Å². The van der Waals surface area contributed by atoms with Gasteiger partial charge in [0.2, 0.25) is 0 Å². The number of benzene rings is 3. The van der Waals surface area contributed by atoms with Crippen LogP contribution in [0.2, 0.25) is 0 Å². The highest BCUT2D eigenvalue weighted by molar-refractivity contribution is 7.98. The lowest BCUT2D eigenvalue weighted by atomic mass is 10.00. The summed E-state index contributed by atoms with van der Waals surface area (Å²) in [5, 5.41) is 0.280. The number of rotatable bonds is 6. The first-order chi connectivity index (χ1) is 12.8. The molecule has 0 fully saturated rings. The summed E-state index contributed by atoms with van der Waals surface area (Å²) in [6.45, 7) is 0. The van der Waals surface area contributed by atoms with E-state index in [4.69, 9.17) is 4.74 Å². The van der Waals surface area contributed by atoms with E-state index < -0.39 is 0 Å². The van der Waals surface area contributed by atoms with E-state index in [0.717, 1.165) is 12.8 Å². The van der Waals surface area contributed by atoms with Crippen molar-refractivity contribution in [3.63, 3.8) is 0 Å². The number of thioether (sulfide) groups is 1. The topological polar surface area (TPSA) is 9.23 Å². The largest absolute Gasteiger partial charge is 0.368 e. The van der Waals surface area contributed by atoms with Gasteiger partial charge in [0.1, 0.15) is 0 Å². The third-order valence-electron chi connectivity index (χ3n) is 5.14. The van der Waals surface area contributed by atoms with E-state index >= 15 is 0 Å². The maximum absolute atomic E-state index is 6.77. The van der Waals surface area contributed by atoms with Gasteiger partial charge in [0.15, 0.2) is 0 Å². The molecule has 0 saturated heterocycles. The molecule has 1 aliphatic carbocycles. The fourth-order valence-electron chi connectivity index (χ4n) is 3.87. The van der Waals surface area contributed by atoms with Crippen molar-refractivity contribution < 1.29 is 4.74 Å². The minimum absolute atomic E-state index is 0.0490. The predicted molar refractivity (Wildman–Crippen MR) is 111 cm³/mol. The molecular formula is C24H24OS. The Balaban J connectivity index is 1.62. The van der Waals surface area contributed by atoms with Crippen LogP contribution in [0, 0.1) is 0 Å². The molecule has 0 spiro atoms. The lowest BCUT2D eigenvalue weighted by Gasteiger charge is -2.29. The Kier molecular flexibility index (Phi) is 5.42. The van der Waals surface area contributed by atoms with Gasteiger partial charge in [0.25, 0.3) is 0 Å². The fraction of sp³-hybridized carbons (Fsp3) is 0.250. The van der Waals surface area contributed by atoms with Crippen molar-refractivity contribution >= 4 is 11.8 Å². The van der Waals surface area contributed by atoms with Gasteiger partial charge in [-0.05, 0) is 41.4 Å². The second kappa shape index (κ2) is 8.11. The first-order valence-electron chi connectivity index (χ1n) is 9.20. The zero-order valence-corrected chi connectivity index (χ0v) is 15.9. The van der Waals surface area contributed by atoms with Crippen molar-refractivity contribution in [1.82, 2.24) is 0 Å². The average molecular weight is 361 g/mol. The van der Waals surface area contributed by atoms with E-state index in [1.165, 1.54) is 22.3 Å². The highest BCUT2D eigenvalue weighted by atomic mass is 32.2. The van der Waals surface area contributed by atoms with Crippen LogP contribution in [0.25, 0.3) is 0 Å². The summed E-state index contributed by atoms with van der Waals surface area (Å²) in [5.41, 5.74) is 5.45. The standard InChI is InChI=1S/C24H24OS/c1-26-24(19-12-6-3-7-13-19)23(18-10-4-2-5-11-18)25-22-16-20-14-8-9-15-21(20)17-22/h2-15,22-24H,16-17H2,1H3/t23-,24-/m1/s1. The van der Waals surface area contributed by atoms with Crippen LogP contribution in [0.15, 0.2) is 84.9 Å². The summed E-state index contributed by atoms with van der Waals surface area (Å²) >= 11 is 1.87. The summed E-state index contributed by atoms with van der Waals surface area (Å²) in [6, 6.07) is 30.1. The van der Waals surface area contributed by atoms with Gasteiger partial charge in [-0.1, -0.05) is 84.9 Å². The number of ether oxygens (including phenoxy) is 1. The lowest BCUT2D eigenvalue weighted by molar-refractivity contribution is -0.00899. The molecule has 0 amide bonds. The summed E-state index contributed by atoms with van der Waals surface area (Å²) in [4.78, 5) is 0. The summed E-state index contributed by atoms with van der Waals surface area (Å²) < 4.78 is 6.77. The summed E-state index contributed by atoms with van der Waals surface area (Å²) in [6.07, 6.45) is 4.49. The number of hydrogen-bond donors (Lipinski definition) is 0. The Morgan fingerprint density at radius 2 is 1.23 bits per heavy atom. The van der Waals surface area contributed by atoms with Crippen LogP contribution in [0.5, 0.6) is 0 Å². The zero-order chi connectivity index (χ0) is 17.8. The van der Waals surface area contributed by atoms with Crippen molar-refractivity contribution in [2.24, 2.45) is 0 Å². The molecule has 0 unspecified atom stereocenters. The highest BCUT2D eigenvalue weighted by Gasteiger charge is 2.30. The van der Waals surface area contributed by atoms with Gasteiger partial charge in [-0.25, -0.2) is 0 Å². The molecule has 0 radical (unpaired) electrons. The average Bonchev–Trinajstić information content (AvgIpc) is 3.12. The molecule has 3 aromatic rings. The molecule has 132 valence electrons. The van der Waals surface area contributed by atoms with E-state index in [-0.39, 0.29) is 17.5 Å². The molecule has 0 heterocycles. The maximum atomic E-state index is 6.77. The fourth-order valence-corrected chi connectivity index (χ4v) is 4.76. The molecule has 2 atom stereocenters. The van der Waals surface area contributed by atoms with Gasteiger partial charge in [-0.3, -0.25) is 0 Å². The Morgan fingerprint density at radius 3 is 1.77 bits per heavy atom. The highest BCUT2D eigenvalue weighted by Crippen LogP contribution is 2.43. The van der Waals surface area contributed by atoms with Crippen LogP contribution in [-0.4, -0.2) is 12.4 Å². The van der Waals surface area contributed by atoms with E-state index in [1.807, 2.05) is 11.8 Å². The summed E-state index contributed by atoms with van der Waals surface area (Å²) in [7, 11) is 0. The SMILES string of the molecule is CS[C@H](c1ccccc1)[C@H](OC1Cc2ccccc2C1)c1ccccc1.